The zero-order valence-electron chi connectivity index (χ0n) is 11.9. The van der Waals surface area contributed by atoms with Crippen LogP contribution in [-0.2, 0) is 9.53 Å². The quantitative estimate of drug-likeness (QED) is 0.414. The van der Waals surface area contributed by atoms with Gasteiger partial charge in [0.1, 0.15) is 5.75 Å². The summed E-state index contributed by atoms with van der Waals surface area (Å²) in [5, 5.41) is 3.29. The Morgan fingerprint density at radius 1 is 1.29 bits per heavy atom. The van der Waals surface area contributed by atoms with Gasteiger partial charge in [-0.1, -0.05) is 11.6 Å². The predicted molar refractivity (Wildman–Crippen MR) is 88.9 cm³/mol. The first-order valence-corrected chi connectivity index (χ1v) is 7.83. The fraction of sp³-hybridized carbons (Fsp3) is 0.429. The molecule has 1 aromatic rings. The minimum atomic E-state index is -0.247. The lowest BCUT2D eigenvalue weighted by atomic mass is 10.1. The van der Waals surface area contributed by atoms with Crippen molar-refractivity contribution in [2.45, 2.75) is 19.3 Å². The number of carbonyl (C=O) groups excluding carboxylic acids is 2. The summed E-state index contributed by atoms with van der Waals surface area (Å²) >= 11 is 8.10. The molecule has 0 fully saturated rings. The third kappa shape index (κ3) is 5.70. The molecular formula is C14H17ClINO4. The number of halogens is 2. The van der Waals surface area contributed by atoms with E-state index in [0.717, 1.165) is 3.57 Å². The van der Waals surface area contributed by atoms with Crippen LogP contribution >= 0.6 is 34.2 Å². The molecule has 1 amide bonds. The van der Waals surface area contributed by atoms with E-state index in [4.69, 9.17) is 16.3 Å². The highest BCUT2D eigenvalue weighted by atomic mass is 127. The topological polar surface area (TPSA) is 64.6 Å². The molecule has 0 aliphatic heterocycles. The minimum absolute atomic E-state index is 0.243. The standard InChI is InChI=1S/C14H17ClINO4/c1-20-12-8-11(16)10(15)7-9(12)14(19)17-6-4-3-5-13(18)21-2/h7-8H,3-6H2,1-2H3,(H,17,19). The van der Waals surface area contributed by atoms with Crippen LogP contribution in [0.5, 0.6) is 5.75 Å². The largest absolute Gasteiger partial charge is 0.496 e. The van der Waals surface area contributed by atoms with Crippen LogP contribution in [0.1, 0.15) is 29.6 Å². The second-order valence-corrected chi connectivity index (χ2v) is 5.83. The highest BCUT2D eigenvalue weighted by molar-refractivity contribution is 14.1. The van der Waals surface area contributed by atoms with Gasteiger partial charge in [0.05, 0.1) is 24.8 Å². The van der Waals surface area contributed by atoms with Gasteiger partial charge in [-0.3, -0.25) is 9.59 Å². The van der Waals surface area contributed by atoms with Gasteiger partial charge in [-0.15, -0.1) is 0 Å². The second kappa shape index (κ2) is 9.09. The molecule has 0 saturated carbocycles. The van der Waals surface area contributed by atoms with Crippen molar-refractivity contribution in [1.29, 1.82) is 0 Å². The van der Waals surface area contributed by atoms with Gasteiger partial charge in [-0.2, -0.15) is 0 Å². The van der Waals surface area contributed by atoms with Gasteiger partial charge in [0.25, 0.3) is 5.91 Å². The normalized spacial score (nSPS) is 10.1. The van der Waals surface area contributed by atoms with Crippen LogP contribution in [0, 0.1) is 3.57 Å². The number of hydrogen-bond acceptors (Lipinski definition) is 4. The molecule has 116 valence electrons. The number of rotatable bonds is 7. The Bertz CT molecular complexity index is 522. The monoisotopic (exact) mass is 425 g/mol. The van der Waals surface area contributed by atoms with Gasteiger partial charge >= 0.3 is 5.97 Å². The molecule has 1 rings (SSSR count). The number of carbonyl (C=O) groups is 2. The van der Waals surface area contributed by atoms with Crippen LogP contribution in [0.25, 0.3) is 0 Å². The summed E-state index contributed by atoms with van der Waals surface area (Å²) in [6, 6.07) is 3.31. The van der Waals surface area contributed by atoms with Gasteiger partial charge in [-0.05, 0) is 47.6 Å². The van der Waals surface area contributed by atoms with E-state index in [1.54, 1.807) is 12.1 Å². The van der Waals surface area contributed by atoms with Crippen LogP contribution in [0.3, 0.4) is 0 Å². The Hall–Kier alpha value is -1.02. The molecule has 0 heterocycles. The molecule has 1 N–H and O–H groups in total. The third-order valence-electron chi connectivity index (χ3n) is 2.81. The first-order valence-electron chi connectivity index (χ1n) is 6.37. The first-order chi connectivity index (χ1) is 9.99. The fourth-order valence-corrected chi connectivity index (χ4v) is 2.27. The van der Waals surface area contributed by atoms with Crippen LogP contribution < -0.4 is 10.1 Å². The van der Waals surface area contributed by atoms with Crippen molar-refractivity contribution in [3.63, 3.8) is 0 Å². The van der Waals surface area contributed by atoms with E-state index in [-0.39, 0.29) is 11.9 Å². The van der Waals surface area contributed by atoms with E-state index < -0.39 is 0 Å². The van der Waals surface area contributed by atoms with Crippen molar-refractivity contribution in [2.24, 2.45) is 0 Å². The van der Waals surface area contributed by atoms with E-state index in [2.05, 4.69) is 32.6 Å². The second-order valence-electron chi connectivity index (χ2n) is 4.26. The van der Waals surface area contributed by atoms with Crippen molar-refractivity contribution in [1.82, 2.24) is 5.32 Å². The fourth-order valence-electron chi connectivity index (χ4n) is 1.67. The molecular weight excluding hydrogens is 409 g/mol. The van der Waals surface area contributed by atoms with E-state index in [1.165, 1.54) is 14.2 Å². The summed E-state index contributed by atoms with van der Waals surface area (Å²) in [6.07, 6.45) is 1.71. The molecule has 0 bridgehead atoms. The van der Waals surface area contributed by atoms with Gasteiger partial charge in [0, 0.05) is 16.5 Å². The van der Waals surface area contributed by atoms with Crippen LogP contribution in [-0.4, -0.2) is 32.6 Å². The van der Waals surface area contributed by atoms with Crippen molar-refractivity contribution in [3.05, 3.63) is 26.3 Å². The lowest BCUT2D eigenvalue weighted by molar-refractivity contribution is -0.140. The molecule has 21 heavy (non-hydrogen) atoms. The summed E-state index contributed by atoms with van der Waals surface area (Å²) in [6.45, 7) is 0.475. The molecule has 0 atom stereocenters. The maximum absolute atomic E-state index is 12.1. The van der Waals surface area contributed by atoms with E-state index in [9.17, 15) is 9.59 Å². The number of benzene rings is 1. The van der Waals surface area contributed by atoms with Crippen molar-refractivity contribution in [2.75, 3.05) is 20.8 Å². The first kappa shape index (κ1) is 18.0. The molecule has 0 aliphatic rings. The third-order valence-corrected chi connectivity index (χ3v) is 4.33. The Morgan fingerprint density at radius 2 is 2.00 bits per heavy atom. The number of methoxy groups -OCH3 is 2. The SMILES string of the molecule is COC(=O)CCCCNC(=O)c1cc(Cl)c(I)cc1OC. The van der Waals surface area contributed by atoms with Crippen LogP contribution in [0.4, 0.5) is 0 Å². The van der Waals surface area contributed by atoms with E-state index in [1.807, 2.05) is 0 Å². The highest BCUT2D eigenvalue weighted by Gasteiger charge is 2.14. The Kier molecular flexibility index (Phi) is 7.81. The van der Waals surface area contributed by atoms with Crippen LogP contribution in [0.15, 0.2) is 12.1 Å². The molecule has 5 nitrogen and oxygen atoms in total. The van der Waals surface area contributed by atoms with Gasteiger partial charge in [-0.25, -0.2) is 0 Å². The number of unbranched alkanes of at least 4 members (excludes halogenated alkanes) is 1. The molecule has 1 aromatic carbocycles. The number of esters is 1. The predicted octanol–water partition coefficient (Wildman–Crippen LogP) is 3.03. The zero-order valence-corrected chi connectivity index (χ0v) is 14.8. The average molecular weight is 426 g/mol. The number of amides is 1. The molecule has 0 radical (unpaired) electrons. The summed E-state index contributed by atoms with van der Waals surface area (Å²) in [5.41, 5.74) is 0.399. The van der Waals surface area contributed by atoms with Crippen molar-refractivity contribution in [3.8, 4) is 5.75 Å². The molecule has 0 unspecified atom stereocenters. The number of nitrogens with one attached hydrogen (secondary N) is 1. The summed E-state index contributed by atoms with van der Waals surface area (Å²) < 4.78 is 10.6. The van der Waals surface area contributed by atoms with Crippen molar-refractivity contribution >= 4 is 46.1 Å². The molecule has 0 aliphatic carbocycles. The molecule has 0 saturated heterocycles. The summed E-state index contributed by atoms with van der Waals surface area (Å²) in [5.74, 6) is -0.00788. The Morgan fingerprint density at radius 3 is 2.62 bits per heavy atom. The van der Waals surface area contributed by atoms with Crippen LogP contribution in [0.2, 0.25) is 5.02 Å². The van der Waals surface area contributed by atoms with Gasteiger partial charge in [0.15, 0.2) is 0 Å². The maximum atomic E-state index is 12.1. The van der Waals surface area contributed by atoms with Gasteiger partial charge in [0.2, 0.25) is 0 Å². The van der Waals surface area contributed by atoms with E-state index >= 15 is 0 Å². The van der Waals surface area contributed by atoms with Crippen molar-refractivity contribution < 1.29 is 19.1 Å². The molecule has 0 spiro atoms. The number of hydrogen-bond donors (Lipinski definition) is 1. The Balaban J connectivity index is 2.52. The zero-order chi connectivity index (χ0) is 15.8. The summed E-state index contributed by atoms with van der Waals surface area (Å²) in [4.78, 5) is 23.0. The average Bonchev–Trinajstić information content (AvgIpc) is 2.48. The van der Waals surface area contributed by atoms with Gasteiger partial charge < -0.3 is 14.8 Å². The smallest absolute Gasteiger partial charge is 0.305 e. The highest BCUT2D eigenvalue weighted by Crippen LogP contribution is 2.28. The molecule has 0 aromatic heterocycles. The maximum Gasteiger partial charge on any atom is 0.305 e. The summed E-state index contributed by atoms with van der Waals surface area (Å²) in [7, 11) is 2.86. The molecule has 7 heteroatoms. The Labute approximate surface area is 142 Å². The lowest BCUT2D eigenvalue weighted by Gasteiger charge is -2.10. The lowest BCUT2D eigenvalue weighted by Crippen LogP contribution is -2.25. The minimum Gasteiger partial charge on any atom is -0.496 e. The number of ether oxygens (including phenoxy) is 2. The van der Waals surface area contributed by atoms with E-state index in [0.29, 0.717) is 42.1 Å².